The Hall–Kier alpha value is -2.26. The van der Waals surface area contributed by atoms with Crippen LogP contribution in [0.1, 0.15) is 18.5 Å². The molecule has 5 rings (SSSR count). The first-order valence-electron chi connectivity index (χ1n) is 7.89. The van der Waals surface area contributed by atoms with E-state index in [0.717, 1.165) is 15.5 Å². The molecule has 0 atom stereocenters. The van der Waals surface area contributed by atoms with E-state index in [1.54, 1.807) is 15.9 Å². The standard InChI is InChI=1S/C16H13FN6S2/c1-8-2-5-14-20-21-16(23(14)22-8)25-12-7-13-11(6-10(12)17)19-15(24-13)18-9-3-4-9/h2,5-7,9H,3-4H2,1H3,(H,18,19). The van der Waals surface area contributed by atoms with Crippen LogP contribution in [0, 0.1) is 12.7 Å². The third-order valence-corrected chi connectivity index (χ3v) is 5.84. The average molecular weight is 372 g/mol. The van der Waals surface area contributed by atoms with Crippen molar-refractivity contribution in [2.45, 2.75) is 35.9 Å². The molecule has 0 bridgehead atoms. The van der Waals surface area contributed by atoms with Gasteiger partial charge in [-0.25, -0.2) is 9.37 Å². The molecule has 6 nitrogen and oxygen atoms in total. The molecule has 0 amide bonds. The Bertz CT molecular complexity index is 1100. The summed E-state index contributed by atoms with van der Waals surface area (Å²) in [5, 5.41) is 17.4. The van der Waals surface area contributed by atoms with Gasteiger partial charge in [-0.1, -0.05) is 11.3 Å². The fraction of sp³-hybridized carbons (Fsp3) is 0.250. The number of aromatic nitrogens is 5. The molecular formula is C16H13FN6S2. The van der Waals surface area contributed by atoms with Crippen molar-refractivity contribution in [3.63, 3.8) is 0 Å². The zero-order chi connectivity index (χ0) is 17.0. The second-order valence-electron chi connectivity index (χ2n) is 6.02. The Morgan fingerprint density at radius 2 is 2.16 bits per heavy atom. The lowest BCUT2D eigenvalue weighted by molar-refractivity contribution is 0.603. The van der Waals surface area contributed by atoms with Crippen molar-refractivity contribution < 1.29 is 4.39 Å². The normalized spacial score (nSPS) is 14.5. The van der Waals surface area contributed by atoms with E-state index in [9.17, 15) is 4.39 Å². The first-order chi connectivity index (χ1) is 12.2. The predicted octanol–water partition coefficient (Wildman–Crippen LogP) is 3.91. The van der Waals surface area contributed by atoms with Gasteiger partial charge < -0.3 is 5.32 Å². The highest BCUT2D eigenvalue weighted by atomic mass is 32.2. The summed E-state index contributed by atoms with van der Waals surface area (Å²) in [5.74, 6) is -0.315. The van der Waals surface area contributed by atoms with Crippen molar-refractivity contribution in [2.75, 3.05) is 5.32 Å². The van der Waals surface area contributed by atoms with E-state index in [2.05, 4.69) is 25.6 Å². The topological polar surface area (TPSA) is 68.0 Å². The summed E-state index contributed by atoms with van der Waals surface area (Å²) in [4.78, 5) is 4.96. The number of hydrogen-bond acceptors (Lipinski definition) is 7. The zero-order valence-electron chi connectivity index (χ0n) is 13.2. The highest BCUT2D eigenvalue weighted by molar-refractivity contribution is 7.99. The van der Waals surface area contributed by atoms with Crippen LogP contribution < -0.4 is 5.32 Å². The molecule has 3 aromatic heterocycles. The van der Waals surface area contributed by atoms with E-state index in [1.165, 1.54) is 30.7 Å². The Balaban J connectivity index is 1.52. The van der Waals surface area contributed by atoms with Crippen LogP contribution in [0.3, 0.4) is 0 Å². The van der Waals surface area contributed by atoms with E-state index in [4.69, 9.17) is 0 Å². The van der Waals surface area contributed by atoms with Crippen LogP contribution in [0.4, 0.5) is 9.52 Å². The lowest BCUT2D eigenvalue weighted by Gasteiger charge is -2.02. The maximum atomic E-state index is 14.5. The Kier molecular flexibility index (Phi) is 3.39. The summed E-state index contributed by atoms with van der Waals surface area (Å²) < 4.78 is 17.1. The number of rotatable bonds is 4. The molecule has 1 aromatic carbocycles. The van der Waals surface area contributed by atoms with E-state index in [-0.39, 0.29) is 5.82 Å². The smallest absolute Gasteiger partial charge is 0.217 e. The molecule has 0 saturated heterocycles. The third kappa shape index (κ3) is 2.83. The summed E-state index contributed by atoms with van der Waals surface area (Å²) in [6.45, 7) is 1.90. The van der Waals surface area contributed by atoms with Crippen molar-refractivity contribution in [3.8, 4) is 0 Å². The lowest BCUT2D eigenvalue weighted by atomic mass is 10.3. The van der Waals surface area contributed by atoms with E-state index >= 15 is 0 Å². The summed E-state index contributed by atoms with van der Waals surface area (Å²) >= 11 is 2.77. The first-order valence-corrected chi connectivity index (χ1v) is 9.52. The zero-order valence-corrected chi connectivity index (χ0v) is 14.9. The molecule has 9 heteroatoms. The van der Waals surface area contributed by atoms with Gasteiger partial charge >= 0.3 is 0 Å². The molecule has 1 aliphatic rings. The second-order valence-corrected chi connectivity index (χ2v) is 8.06. The molecule has 1 N–H and O–H groups in total. The third-order valence-electron chi connectivity index (χ3n) is 3.92. The highest BCUT2D eigenvalue weighted by Gasteiger charge is 2.22. The van der Waals surface area contributed by atoms with Crippen LogP contribution >= 0.6 is 23.1 Å². The van der Waals surface area contributed by atoms with Crippen molar-refractivity contribution in [3.05, 3.63) is 35.8 Å². The van der Waals surface area contributed by atoms with Crippen molar-refractivity contribution >= 4 is 44.1 Å². The molecule has 0 aliphatic heterocycles. The van der Waals surface area contributed by atoms with Gasteiger partial charge in [-0.15, -0.1) is 10.2 Å². The Morgan fingerprint density at radius 1 is 1.28 bits per heavy atom. The highest BCUT2D eigenvalue weighted by Crippen LogP contribution is 2.36. The molecule has 1 fully saturated rings. The molecule has 0 radical (unpaired) electrons. The summed E-state index contributed by atoms with van der Waals surface area (Å²) in [7, 11) is 0. The van der Waals surface area contributed by atoms with Gasteiger partial charge in [-0.05, 0) is 49.7 Å². The van der Waals surface area contributed by atoms with Crippen LogP contribution in [0.2, 0.25) is 0 Å². The van der Waals surface area contributed by atoms with Gasteiger partial charge in [0.05, 0.1) is 20.8 Å². The van der Waals surface area contributed by atoms with Gasteiger partial charge in [0, 0.05) is 12.1 Å². The minimum absolute atomic E-state index is 0.315. The van der Waals surface area contributed by atoms with Gasteiger partial charge in [0.2, 0.25) is 5.16 Å². The summed E-state index contributed by atoms with van der Waals surface area (Å²) in [6.07, 6.45) is 2.36. The first kappa shape index (κ1) is 15.0. The summed E-state index contributed by atoms with van der Waals surface area (Å²) in [6, 6.07) is 7.54. The van der Waals surface area contributed by atoms with Gasteiger partial charge in [0.25, 0.3) is 0 Å². The van der Waals surface area contributed by atoms with Crippen LogP contribution in [-0.4, -0.2) is 30.8 Å². The average Bonchev–Trinajstić information content (AvgIpc) is 3.18. The number of aryl methyl sites for hydroxylation is 1. The SMILES string of the molecule is Cc1ccc2nnc(Sc3cc4sc(NC5CC5)nc4cc3F)n2n1. The molecule has 25 heavy (non-hydrogen) atoms. The van der Waals surface area contributed by atoms with E-state index in [1.807, 2.05) is 25.1 Å². The number of fused-ring (bicyclic) bond motifs is 2. The van der Waals surface area contributed by atoms with Crippen molar-refractivity contribution in [1.82, 2.24) is 24.8 Å². The largest absolute Gasteiger partial charge is 0.359 e. The van der Waals surface area contributed by atoms with Gasteiger partial charge in [-0.2, -0.15) is 9.61 Å². The molecule has 4 aromatic rings. The Morgan fingerprint density at radius 3 is 3.00 bits per heavy atom. The molecule has 0 unspecified atom stereocenters. The fourth-order valence-corrected chi connectivity index (χ4v) is 4.37. The van der Waals surface area contributed by atoms with Crippen molar-refractivity contribution in [1.29, 1.82) is 0 Å². The van der Waals surface area contributed by atoms with Crippen LogP contribution in [0.25, 0.3) is 15.9 Å². The minimum Gasteiger partial charge on any atom is -0.359 e. The molecule has 126 valence electrons. The second kappa shape index (κ2) is 5.63. The molecule has 1 aliphatic carbocycles. The molecular weight excluding hydrogens is 359 g/mol. The number of halogens is 1. The molecule has 0 spiro atoms. The van der Waals surface area contributed by atoms with Gasteiger partial charge in [0.15, 0.2) is 10.8 Å². The van der Waals surface area contributed by atoms with Crippen LogP contribution in [0.5, 0.6) is 0 Å². The lowest BCUT2D eigenvalue weighted by Crippen LogP contribution is -1.99. The van der Waals surface area contributed by atoms with Crippen LogP contribution in [0.15, 0.2) is 34.3 Å². The van der Waals surface area contributed by atoms with Crippen molar-refractivity contribution in [2.24, 2.45) is 0 Å². The number of thiazole rings is 1. The maximum absolute atomic E-state index is 14.5. The summed E-state index contributed by atoms with van der Waals surface area (Å²) in [5.41, 5.74) is 2.17. The monoisotopic (exact) mass is 372 g/mol. The number of nitrogens with zero attached hydrogens (tertiary/aromatic N) is 5. The Labute approximate surface area is 150 Å². The van der Waals surface area contributed by atoms with E-state index < -0.39 is 0 Å². The fourth-order valence-electron chi connectivity index (χ4n) is 2.49. The minimum atomic E-state index is -0.315. The van der Waals surface area contributed by atoms with Gasteiger partial charge in [-0.3, -0.25) is 0 Å². The number of benzene rings is 1. The van der Waals surface area contributed by atoms with E-state index in [0.29, 0.717) is 27.3 Å². The number of anilines is 1. The number of nitrogens with one attached hydrogen (secondary N) is 1. The predicted molar refractivity (Wildman–Crippen MR) is 95.9 cm³/mol. The molecule has 3 heterocycles. The van der Waals surface area contributed by atoms with Gasteiger partial charge in [0.1, 0.15) is 5.82 Å². The van der Waals surface area contributed by atoms with Crippen LogP contribution in [-0.2, 0) is 0 Å². The molecule has 1 saturated carbocycles. The quantitative estimate of drug-likeness (QED) is 0.586. The number of hydrogen-bond donors (Lipinski definition) is 1. The maximum Gasteiger partial charge on any atom is 0.217 e.